The molecule has 1 aromatic carbocycles. The van der Waals surface area contributed by atoms with Crippen molar-refractivity contribution in [3.05, 3.63) is 57.3 Å². The minimum Gasteiger partial charge on any atom is -0.300 e. The Morgan fingerprint density at radius 2 is 2.00 bits per heavy atom. The maximum absolute atomic E-state index is 12.0. The zero-order valence-corrected chi connectivity index (χ0v) is 15.9. The van der Waals surface area contributed by atoms with Crippen molar-refractivity contribution in [1.82, 2.24) is 10.2 Å². The number of anilines is 1. The van der Waals surface area contributed by atoms with E-state index >= 15 is 0 Å². The number of hydrogen-bond acceptors (Lipinski definition) is 6. The summed E-state index contributed by atoms with van der Waals surface area (Å²) in [6, 6.07) is 10.4. The first kappa shape index (κ1) is 17.1. The molecule has 1 amide bonds. The molecule has 3 rings (SSSR count). The van der Waals surface area contributed by atoms with Crippen LogP contribution in [0.2, 0.25) is 0 Å². The molecule has 0 atom stereocenters. The standard InChI is InChI=1S/C17H17N3OS3/c1-11-6-12(2)8-13(7-11)10-23-17-20-19-16(24-17)18-15(21)9-14-4-3-5-22-14/h3-8H,9-10H2,1-2H3,(H,18,19,21). The highest BCUT2D eigenvalue weighted by atomic mass is 32.2. The fourth-order valence-corrected chi connectivity index (χ4v) is 4.75. The molecule has 0 aliphatic heterocycles. The smallest absolute Gasteiger partial charge is 0.231 e. The van der Waals surface area contributed by atoms with Gasteiger partial charge in [0.05, 0.1) is 6.42 Å². The average Bonchev–Trinajstić information content (AvgIpc) is 3.16. The van der Waals surface area contributed by atoms with Crippen molar-refractivity contribution in [3.8, 4) is 0 Å². The van der Waals surface area contributed by atoms with Crippen molar-refractivity contribution in [3.63, 3.8) is 0 Å². The molecule has 0 saturated carbocycles. The van der Waals surface area contributed by atoms with Gasteiger partial charge in [0.2, 0.25) is 11.0 Å². The molecular weight excluding hydrogens is 358 g/mol. The molecule has 24 heavy (non-hydrogen) atoms. The van der Waals surface area contributed by atoms with Gasteiger partial charge in [0.25, 0.3) is 0 Å². The Hall–Kier alpha value is -1.70. The highest BCUT2D eigenvalue weighted by molar-refractivity contribution is 8.00. The molecule has 124 valence electrons. The third-order valence-electron chi connectivity index (χ3n) is 3.21. The molecule has 4 nitrogen and oxygen atoms in total. The second-order valence-corrected chi connectivity index (χ2v) is 8.69. The summed E-state index contributed by atoms with van der Waals surface area (Å²) in [7, 11) is 0. The van der Waals surface area contributed by atoms with E-state index in [4.69, 9.17) is 0 Å². The maximum Gasteiger partial charge on any atom is 0.231 e. The SMILES string of the molecule is Cc1cc(C)cc(CSc2nnc(NC(=O)Cc3cccs3)s2)c1. The van der Waals surface area contributed by atoms with Crippen LogP contribution in [0.1, 0.15) is 21.6 Å². The number of amides is 1. The third kappa shape index (κ3) is 4.90. The van der Waals surface area contributed by atoms with Crippen LogP contribution in [0.15, 0.2) is 40.1 Å². The Morgan fingerprint density at radius 1 is 1.21 bits per heavy atom. The lowest BCUT2D eigenvalue weighted by Crippen LogP contribution is -2.13. The predicted octanol–water partition coefficient (Wildman–Crippen LogP) is 4.69. The zero-order valence-electron chi connectivity index (χ0n) is 13.4. The number of carbonyl (C=O) groups is 1. The van der Waals surface area contributed by atoms with Crippen LogP contribution < -0.4 is 5.32 Å². The van der Waals surface area contributed by atoms with E-state index in [0.29, 0.717) is 11.6 Å². The molecule has 0 radical (unpaired) electrons. The average molecular weight is 376 g/mol. The van der Waals surface area contributed by atoms with Gasteiger partial charge in [-0.25, -0.2) is 0 Å². The lowest BCUT2D eigenvalue weighted by atomic mass is 10.1. The zero-order chi connectivity index (χ0) is 16.9. The van der Waals surface area contributed by atoms with Crippen molar-refractivity contribution in [2.45, 2.75) is 30.4 Å². The number of aryl methyl sites for hydroxylation is 2. The summed E-state index contributed by atoms with van der Waals surface area (Å²) in [6.07, 6.45) is 0.377. The van der Waals surface area contributed by atoms with Crippen LogP contribution in [0, 0.1) is 13.8 Å². The minimum absolute atomic E-state index is 0.0561. The number of benzene rings is 1. The lowest BCUT2D eigenvalue weighted by molar-refractivity contribution is -0.115. The Balaban J connectivity index is 1.54. The number of nitrogens with zero attached hydrogens (tertiary/aromatic N) is 2. The first-order chi connectivity index (χ1) is 11.6. The van der Waals surface area contributed by atoms with E-state index in [0.717, 1.165) is 15.0 Å². The monoisotopic (exact) mass is 375 g/mol. The van der Waals surface area contributed by atoms with Gasteiger partial charge >= 0.3 is 0 Å². The van der Waals surface area contributed by atoms with Gasteiger partial charge in [0, 0.05) is 10.6 Å². The van der Waals surface area contributed by atoms with Gasteiger partial charge in [-0.15, -0.1) is 21.5 Å². The molecule has 2 aromatic heterocycles. The Bertz CT molecular complexity index is 807. The summed E-state index contributed by atoms with van der Waals surface area (Å²) >= 11 is 4.63. The molecule has 0 spiro atoms. The van der Waals surface area contributed by atoms with Crippen LogP contribution in [-0.2, 0) is 17.0 Å². The van der Waals surface area contributed by atoms with Crippen LogP contribution in [0.3, 0.4) is 0 Å². The summed E-state index contributed by atoms with van der Waals surface area (Å²) in [5, 5.41) is 13.5. The second-order valence-electron chi connectivity index (χ2n) is 5.46. The second kappa shape index (κ2) is 7.92. The fraction of sp³-hybridized carbons (Fsp3) is 0.235. The summed E-state index contributed by atoms with van der Waals surface area (Å²) in [4.78, 5) is 13.0. The summed E-state index contributed by atoms with van der Waals surface area (Å²) in [5.41, 5.74) is 3.81. The number of rotatable bonds is 6. The largest absolute Gasteiger partial charge is 0.300 e. The Morgan fingerprint density at radius 3 is 2.71 bits per heavy atom. The lowest BCUT2D eigenvalue weighted by Gasteiger charge is -2.03. The highest BCUT2D eigenvalue weighted by Gasteiger charge is 2.10. The van der Waals surface area contributed by atoms with Gasteiger partial charge in [0.15, 0.2) is 4.34 Å². The number of thioether (sulfide) groups is 1. The number of aromatic nitrogens is 2. The summed E-state index contributed by atoms with van der Waals surface area (Å²) in [6.45, 7) is 4.21. The maximum atomic E-state index is 12.0. The minimum atomic E-state index is -0.0561. The van der Waals surface area contributed by atoms with E-state index in [2.05, 4.69) is 47.6 Å². The van der Waals surface area contributed by atoms with Gasteiger partial charge in [-0.2, -0.15) is 0 Å². The van der Waals surface area contributed by atoms with E-state index < -0.39 is 0 Å². The van der Waals surface area contributed by atoms with Gasteiger partial charge in [-0.05, 0) is 30.9 Å². The van der Waals surface area contributed by atoms with E-state index in [1.54, 1.807) is 23.1 Å². The fourth-order valence-electron chi connectivity index (χ4n) is 2.35. The molecule has 0 fully saturated rings. The van der Waals surface area contributed by atoms with E-state index in [-0.39, 0.29) is 5.91 Å². The Kier molecular flexibility index (Phi) is 5.65. The van der Waals surface area contributed by atoms with Crippen molar-refractivity contribution in [1.29, 1.82) is 0 Å². The normalized spacial score (nSPS) is 10.8. The van der Waals surface area contributed by atoms with Crippen molar-refractivity contribution in [2.24, 2.45) is 0 Å². The third-order valence-corrected chi connectivity index (χ3v) is 6.13. The summed E-state index contributed by atoms with van der Waals surface area (Å²) in [5.74, 6) is 0.791. The van der Waals surface area contributed by atoms with Gasteiger partial charge in [0.1, 0.15) is 0 Å². The van der Waals surface area contributed by atoms with Crippen molar-refractivity contribution >= 4 is 45.5 Å². The molecule has 7 heteroatoms. The number of carbonyl (C=O) groups excluding carboxylic acids is 1. The Labute approximate surface area is 153 Å². The highest BCUT2D eigenvalue weighted by Crippen LogP contribution is 2.29. The van der Waals surface area contributed by atoms with Gasteiger partial charge in [-0.1, -0.05) is 58.5 Å². The summed E-state index contributed by atoms with van der Waals surface area (Å²) < 4.78 is 0.862. The molecule has 3 aromatic rings. The quantitative estimate of drug-likeness (QED) is 0.502. The van der Waals surface area contributed by atoms with Crippen LogP contribution in [-0.4, -0.2) is 16.1 Å². The predicted molar refractivity (Wildman–Crippen MR) is 102 cm³/mol. The number of thiophene rings is 1. The molecule has 0 unspecified atom stereocenters. The van der Waals surface area contributed by atoms with E-state index in [9.17, 15) is 4.79 Å². The number of hydrogen-bond donors (Lipinski definition) is 1. The van der Waals surface area contributed by atoms with E-state index in [1.807, 2.05) is 17.5 Å². The molecular formula is C17H17N3OS3. The first-order valence-electron chi connectivity index (χ1n) is 7.44. The van der Waals surface area contributed by atoms with Crippen LogP contribution in [0.25, 0.3) is 0 Å². The van der Waals surface area contributed by atoms with Crippen LogP contribution in [0.5, 0.6) is 0 Å². The van der Waals surface area contributed by atoms with Gasteiger partial charge < -0.3 is 5.32 Å². The molecule has 0 aliphatic rings. The van der Waals surface area contributed by atoms with Crippen molar-refractivity contribution in [2.75, 3.05) is 5.32 Å². The number of nitrogens with one attached hydrogen (secondary N) is 1. The topological polar surface area (TPSA) is 54.9 Å². The van der Waals surface area contributed by atoms with E-state index in [1.165, 1.54) is 28.0 Å². The molecule has 0 bridgehead atoms. The molecule has 0 aliphatic carbocycles. The van der Waals surface area contributed by atoms with Crippen molar-refractivity contribution < 1.29 is 4.79 Å². The molecule has 1 N–H and O–H groups in total. The van der Waals surface area contributed by atoms with Gasteiger partial charge in [-0.3, -0.25) is 4.79 Å². The van der Waals surface area contributed by atoms with Crippen LogP contribution in [0.4, 0.5) is 5.13 Å². The molecule has 0 saturated heterocycles. The first-order valence-corrected chi connectivity index (χ1v) is 10.1. The molecule has 2 heterocycles. The van der Waals surface area contributed by atoms with Crippen LogP contribution >= 0.6 is 34.4 Å².